The number of hydrogen-bond donors (Lipinski definition) is 2. The fourth-order valence-corrected chi connectivity index (χ4v) is 4.86. The molecule has 0 spiro atoms. The molecule has 3 aromatic rings. The highest BCUT2D eigenvalue weighted by molar-refractivity contribution is 7.99. The fraction of sp³-hybridized carbons (Fsp3) is 0.500. The maximum Gasteiger partial charge on any atom is 0.262 e. The van der Waals surface area contributed by atoms with Crippen LogP contribution in [0.5, 0.6) is 0 Å². The van der Waals surface area contributed by atoms with Crippen LogP contribution >= 0.6 is 11.8 Å². The summed E-state index contributed by atoms with van der Waals surface area (Å²) in [5.41, 5.74) is 0.465. The van der Waals surface area contributed by atoms with E-state index in [1.807, 2.05) is 26.0 Å². The Bertz CT molecular complexity index is 1200. The van der Waals surface area contributed by atoms with Crippen molar-refractivity contribution in [1.82, 2.24) is 29.8 Å². The molecule has 0 saturated heterocycles. The lowest BCUT2D eigenvalue weighted by Crippen LogP contribution is -2.33. The van der Waals surface area contributed by atoms with Gasteiger partial charge in [-0.1, -0.05) is 36.7 Å². The predicted octanol–water partition coefficient (Wildman–Crippen LogP) is 2.11. The maximum absolute atomic E-state index is 13.1. The zero-order valence-electron chi connectivity index (χ0n) is 18.3. The lowest BCUT2D eigenvalue weighted by Gasteiger charge is -2.13. The summed E-state index contributed by atoms with van der Waals surface area (Å²) >= 11 is 1.29. The molecule has 0 bridgehead atoms. The number of hydrogen-bond acceptors (Lipinski definition) is 6. The summed E-state index contributed by atoms with van der Waals surface area (Å²) in [6.45, 7) is 3.98. The van der Waals surface area contributed by atoms with Gasteiger partial charge in [0.25, 0.3) is 5.56 Å². The van der Waals surface area contributed by atoms with E-state index >= 15 is 0 Å². The van der Waals surface area contributed by atoms with E-state index in [1.54, 1.807) is 16.5 Å². The highest BCUT2D eigenvalue weighted by Gasteiger charge is 2.20. The minimum atomic E-state index is -0.214. The quantitative estimate of drug-likeness (QED) is 0.503. The van der Waals surface area contributed by atoms with Crippen molar-refractivity contribution in [2.75, 3.05) is 5.75 Å². The van der Waals surface area contributed by atoms with Gasteiger partial charge in [0, 0.05) is 25.0 Å². The first kappa shape index (κ1) is 22.3. The minimum Gasteiger partial charge on any atom is -0.354 e. The summed E-state index contributed by atoms with van der Waals surface area (Å²) in [5, 5.41) is 15.5. The van der Waals surface area contributed by atoms with Gasteiger partial charge in [-0.05, 0) is 38.8 Å². The molecule has 0 unspecified atom stereocenters. The Morgan fingerprint density at radius 1 is 1.16 bits per heavy atom. The van der Waals surface area contributed by atoms with Crippen molar-refractivity contribution in [3.05, 3.63) is 34.6 Å². The van der Waals surface area contributed by atoms with Crippen LogP contribution in [0.2, 0.25) is 0 Å². The second-order valence-electron chi connectivity index (χ2n) is 8.40. The van der Waals surface area contributed by atoms with Gasteiger partial charge in [-0.2, -0.15) is 0 Å². The molecular formula is C22H28N6O3S. The number of para-hydroxylation sites is 1. The first-order valence-corrected chi connectivity index (χ1v) is 12.0. The molecule has 0 aliphatic heterocycles. The summed E-state index contributed by atoms with van der Waals surface area (Å²) in [7, 11) is 0. The number of rotatable bonds is 8. The second kappa shape index (κ2) is 9.72. The van der Waals surface area contributed by atoms with Gasteiger partial charge in [0.2, 0.25) is 17.6 Å². The van der Waals surface area contributed by atoms with Crippen LogP contribution in [0.4, 0.5) is 0 Å². The number of benzene rings is 1. The Balaban J connectivity index is 1.62. The summed E-state index contributed by atoms with van der Waals surface area (Å²) in [5.74, 6) is 0.434. The third-order valence-corrected chi connectivity index (χ3v) is 6.47. The second-order valence-corrected chi connectivity index (χ2v) is 9.34. The smallest absolute Gasteiger partial charge is 0.262 e. The first-order valence-electron chi connectivity index (χ1n) is 11.0. The Kier molecular flexibility index (Phi) is 6.78. The standard InChI is InChI=1S/C22H28N6O3S/c1-14(2)23-18(29)11-12-27-20(31)16-9-5-6-10-17(16)28-21(27)25-26-22(28)32-13-19(30)24-15-7-3-4-8-15/h5-6,9-10,14-15H,3-4,7-8,11-13H2,1-2H3,(H,23,29)(H,24,30). The third-order valence-electron chi connectivity index (χ3n) is 5.54. The summed E-state index contributed by atoms with van der Waals surface area (Å²) in [4.78, 5) is 37.7. The van der Waals surface area contributed by atoms with E-state index in [-0.39, 0.29) is 48.2 Å². The Morgan fingerprint density at radius 2 is 1.91 bits per heavy atom. The van der Waals surface area contributed by atoms with Crippen LogP contribution in [0.15, 0.2) is 34.2 Å². The molecular weight excluding hydrogens is 428 g/mol. The Morgan fingerprint density at radius 3 is 2.66 bits per heavy atom. The van der Waals surface area contributed by atoms with Crippen molar-refractivity contribution in [2.45, 2.75) is 69.7 Å². The Hall–Kier alpha value is -2.88. The maximum atomic E-state index is 13.1. The van der Waals surface area contributed by atoms with Crippen molar-refractivity contribution in [3.8, 4) is 0 Å². The normalized spacial score (nSPS) is 14.5. The number of nitrogens with zero attached hydrogens (tertiary/aromatic N) is 4. The van der Waals surface area contributed by atoms with Crippen molar-refractivity contribution in [1.29, 1.82) is 0 Å². The molecule has 1 aliphatic carbocycles. The van der Waals surface area contributed by atoms with Crippen molar-refractivity contribution >= 4 is 40.3 Å². The van der Waals surface area contributed by atoms with Crippen LogP contribution in [0, 0.1) is 0 Å². The molecule has 0 atom stereocenters. The molecule has 2 heterocycles. The van der Waals surface area contributed by atoms with Gasteiger partial charge in [-0.25, -0.2) is 0 Å². The number of aryl methyl sites for hydroxylation is 1. The van der Waals surface area contributed by atoms with Gasteiger partial charge in [0.15, 0.2) is 5.16 Å². The van der Waals surface area contributed by atoms with E-state index in [9.17, 15) is 14.4 Å². The lowest BCUT2D eigenvalue weighted by molar-refractivity contribution is -0.122. The van der Waals surface area contributed by atoms with Crippen molar-refractivity contribution in [2.24, 2.45) is 0 Å². The molecule has 9 nitrogen and oxygen atoms in total. The van der Waals surface area contributed by atoms with Gasteiger partial charge >= 0.3 is 0 Å². The topological polar surface area (TPSA) is 110 Å². The van der Waals surface area contributed by atoms with E-state index in [2.05, 4.69) is 20.8 Å². The molecule has 4 rings (SSSR count). The lowest BCUT2D eigenvalue weighted by atomic mass is 10.2. The minimum absolute atomic E-state index is 0.0263. The van der Waals surface area contributed by atoms with Gasteiger partial charge in [-0.15, -0.1) is 10.2 Å². The predicted molar refractivity (Wildman–Crippen MR) is 124 cm³/mol. The number of carbonyl (C=O) groups excluding carboxylic acids is 2. The number of carbonyl (C=O) groups is 2. The highest BCUT2D eigenvalue weighted by Crippen LogP contribution is 2.22. The SMILES string of the molecule is CC(C)NC(=O)CCn1c(=O)c2ccccc2n2c(SCC(=O)NC3CCCC3)nnc12. The van der Waals surface area contributed by atoms with Crippen LogP contribution < -0.4 is 16.2 Å². The summed E-state index contributed by atoms with van der Waals surface area (Å²) < 4.78 is 3.28. The summed E-state index contributed by atoms with van der Waals surface area (Å²) in [6.07, 6.45) is 4.54. The zero-order valence-corrected chi connectivity index (χ0v) is 19.2. The average Bonchev–Trinajstić information content (AvgIpc) is 3.41. The third kappa shape index (κ3) is 4.79. The van der Waals surface area contributed by atoms with E-state index in [1.165, 1.54) is 16.3 Å². The molecule has 1 fully saturated rings. The van der Waals surface area contributed by atoms with Crippen LogP contribution in [-0.2, 0) is 16.1 Å². The molecule has 2 N–H and O–H groups in total. The largest absolute Gasteiger partial charge is 0.354 e. The van der Waals surface area contributed by atoms with E-state index in [4.69, 9.17) is 0 Å². The number of fused-ring (bicyclic) bond motifs is 3. The molecule has 10 heteroatoms. The molecule has 1 aromatic carbocycles. The fourth-order valence-electron chi connectivity index (χ4n) is 4.11. The van der Waals surface area contributed by atoms with Gasteiger partial charge in [-0.3, -0.25) is 23.4 Å². The van der Waals surface area contributed by atoms with Crippen molar-refractivity contribution in [3.63, 3.8) is 0 Å². The van der Waals surface area contributed by atoms with Crippen LogP contribution in [-0.4, -0.2) is 48.8 Å². The van der Waals surface area contributed by atoms with E-state index in [0.29, 0.717) is 21.8 Å². The molecule has 0 radical (unpaired) electrons. The average molecular weight is 457 g/mol. The molecule has 2 aromatic heterocycles. The van der Waals surface area contributed by atoms with Gasteiger partial charge < -0.3 is 10.6 Å². The Labute approximate surface area is 190 Å². The molecule has 2 amide bonds. The molecule has 170 valence electrons. The molecule has 1 aliphatic rings. The van der Waals surface area contributed by atoms with Crippen LogP contribution in [0.1, 0.15) is 46.0 Å². The zero-order chi connectivity index (χ0) is 22.7. The van der Waals surface area contributed by atoms with E-state index < -0.39 is 0 Å². The number of amides is 2. The number of aromatic nitrogens is 4. The first-order chi connectivity index (χ1) is 15.4. The molecule has 32 heavy (non-hydrogen) atoms. The number of nitrogens with one attached hydrogen (secondary N) is 2. The van der Waals surface area contributed by atoms with Crippen LogP contribution in [0.3, 0.4) is 0 Å². The van der Waals surface area contributed by atoms with Gasteiger partial charge in [0.1, 0.15) is 0 Å². The highest BCUT2D eigenvalue weighted by atomic mass is 32.2. The van der Waals surface area contributed by atoms with Crippen LogP contribution in [0.25, 0.3) is 16.7 Å². The molecule has 1 saturated carbocycles. The summed E-state index contributed by atoms with van der Waals surface area (Å²) in [6, 6.07) is 7.54. The monoisotopic (exact) mass is 456 g/mol. The number of thioether (sulfide) groups is 1. The van der Waals surface area contributed by atoms with Crippen molar-refractivity contribution < 1.29 is 9.59 Å². The van der Waals surface area contributed by atoms with E-state index in [0.717, 1.165) is 25.7 Å². The van der Waals surface area contributed by atoms with Gasteiger partial charge in [0.05, 0.1) is 16.7 Å².